The first-order valence-electron chi connectivity index (χ1n) is 7.67. The Morgan fingerprint density at radius 1 is 1.35 bits per heavy atom. The molecule has 1 aliphatic heterocycles. The van der Waals surface area contributed by atoms with Crippen LogP contribution in [0.5, 0.6) is 0 Å². The van der Waals surface area contributed by atoms with E-state index in [0.29, 0.717) is 5.46 Å². The molecule has 0 aromatic heterocycles. The van der Waals surface area contributed by atoms with Crippen LogP contribution in [0.15, 0.2) is 24.3 Å². The zero-order valence-electron chi connectivity index (χ0n) is 14.3. The first kappa shape index (κ1) is 17.8. The summed E-state index contributed by atoms with van der Waals surface area (Å²) in [6.45, 7) is 8.07. The van der Waals surface area contributed by atoms with Crippen molar-refractivity contribution >= 4 is 19.4 Å². The fraction of sp³-hybridized carbons (Fsp3) is 0.588. The van der Waals surface area contributed by atoms with Crippen LogP contribution >= 0.6 is 0 Å². The van der Waals surface area contributed by atoms with Gasteiger partial charge in [-0.15, -0.1) is 0 Å². The minimum Gasteiger partial charge on any atom is -0.444 e. The SMILES string of the molecule is [B]c1ccc([C@H]2OC(C)(C)N(C(=O)OC(C)(C)C)[C@H]2CF)cc1. The van der Waals surface area contributed by atoms with Crippen LogP contribution in [0, 0.1) is 0 Å². The number of benzene rings is 1. The first-order valence-corrected chi connectivity index (χ1v) is 7.67. The standard InChI is InChI=1S/C17H23BFNO3/c1-16(2,3)23-15(21)20-13(10-19)14(22-17(20,4)5)11-6-8-12(18)9-7-11/h6-9,13-14H,10H2,1-5H3/t13-,14+/m0/s1. The molecule has 0 N–H and O–H groups in total. The van der Waals surface area contributed by atoms with Crippen LogP contribution in [0.25, 0.3) is 0 Å². The fourth-order valence-corrected chi connectivity index (χ4v) is 2.77. The Hall–Kier alpha value is -1.56. The van der Waals surface area contributed by atoms with Crippen LogP contribution in [0.1, 0.15) is 46.3 Å². The molecule has 0 spiro atoms. The zero-order chi connectivity index (χ0) is 17.4. The zero-order valence-corrected chi connectivity index (χ0v) is 14.3. The van der Waals surface area contributed by atoms with Crippen molar-refractivity contribution in [2.24, 2.45) is 0 Å². The van der Waals surface area contributed by atoms with Gasteiger partial charge in [0.2, 0.25) is 0 Å². The highest BCUT2D eigenvalue weighted by molar-refractivity contribution is 6.32. The van der Waals surface area contributed by atoms with Gasteiger partial charge in [-0.2, -0.15) is 0 Å². The minimum absolute atomic E-state index is 0.567. The molecule has 124 valence electrons. The number of amides is 1. The summed E-state index contributed by atoms with van der Waals surface area (Å²) in [5, 5.41) is 0. The van der Waals surface area contributed by atoms with Crippen molar-refractivity contribution in [2.75, 3.05) is 6.67 Å². The van der Waals surface area contributed by atoms with E-state index in [9.17, 15) is 9.18 Å². The molecule has 6 heteroatoms. The van der Waals surface area contributed by atoms with E-state index < -0.39 is 36.2 Å². The van der Waals surface area contributed by atoms with Crippen molar-refractivity contribution in [1.29, 1.82) is 0 Å². The largest absolute Gasteiger partial charge is 0.444 e. The maximum atomic E-state index is 13.7. The van der Waals surface area contributed by atoms with Crippen molar-refractivity contribution in [3.8, 4) is 0 Å². The van der Waals surface area contributed by atoms with Gasteiger partial charge in [-0.3, -0.25) is 4.90 Å². The Morgan fingerprint density at radius 2 is 1.91 bits per heavy atom. The first-order chi connectivity index (χ1) is 10.5. The highest BCUT2D eigenvalue weighted by Gasteiger charge is 2.51. The second kappa shape index (κ2) is 6.15. The molecule has 1 saturated heterocycles. The predicted molar refractivity (Wildman–Crippen MR) is 87.6 cm³/mol. The van der Waals surface area contributed by atoms with Crippen LogP contribution in [-0.2, 0) is 9.47 Å². The Balaban J connectivity index is 2.32. The third-order valence-corrected chi connectivity index (χ3v) is 3.69. The van der Waals surface area contributed by atoms with Crippen molar-refractivity contribution < 1.29 is 18.7 Å². The smallest absolute Gasteiger partial charge is 0.413 e. The maximum Gasteiger partial charge on any atom is 0.413 e. The Morgan fingerprint density at radius 3 is 2.39 bits per heavy atom. The lowest BCUT2D eigenvalue weighted by Crippen LogP contribution is -2.50. The molecular formula is C17H23BFNO3. The molecule has 0 saturated carbocycles. The van der Waals surface area contributed by atoms with E-state index in [1.54, 1.807) is 58.9 Å². The predicted octanol–water partition coefficient (Wildman–Crippen LogP) is 2.86. The van der Waals surface area contributed by atoms with Crippen LogP contribution in [0.3, 0.4) is 0 Å². The van der Waals surface area contributed by atoms with Crippen molar-refractivity contribution in [1.82, 2.24) is 4.90 Å². The number of hydrogen-bond acceptors (Lipinski definition) is 3. The summed E-state index contributed by atoms with van der Waals surface area (Å²) in [5.41, 5.74) is -0.230. The second-order valence-electron chi connectivity index (χ2n) is 7.22. The Bertz CT molecular complexity index is 568. The molecule has 4 nitrogen and oxygen atoms in total. The van der Waals surface area contributed by atoms with Crippen LogP contribution in [0.2, 0.25) is 0 Å². The number of carbonyl (C=O) groups is 1. The molecule has 1 aromatic rings. The van der Waals surface area contributed by atoms with Gasteiger partial charge in [0.25, 0.3) is 0 Å². The van der Waals surface area contributed by atoms with Gasteiger partial charge in [-0.25, -0.2) is 9.18 Å². The number of halogens is 1. The second-order valence-corrected chi connectivity index (χ2v) is 7.22. The van der Waals surface area contributed by atoms with E-state index >= 15 is 0 Å². The topological polar surface area (TPSA) is 38.8 Å². The van der Waals surface area contributed by atoms with E-state index in [0.717, 1.165) is 5.56 Å². The Labute approximate surface area is 138 Å². The van der Waals surface area contributed by atoms with E-state index in [4.69, 9.17) is 17.3 Å². The van der Waals surface area contributed by atoms with Crippen LogP contribution in [-0.4, -0.2) is 42.9 Å². The van der Waals surface area contributed by atoms with Gasteiger partial charge in [0.05, 0.1) is 6.04 Å². The van der Waals surface area contributed by atoms with Crippen molar-refractivity contribution in [3.63, 3.8) is 0 Å². The van der Waals surface area contributed by atoms with Gasteiger partial charge in [0.1, 0.15) is 32.0 Å². The number of alkyl halides is 1. The van der Waals surface area contributed by atoms with Crippen molar-refractivity contribution in [3.05, 3.63) is 29.8 Å². The molecule has 1 aromatic carbocycles. The molecule has 1 amide bonds. The maximum absolute atomic E-state index is 13.7. The molecular weight excluding hydrogens is 296 g/mol. The van der Waals surface area contributed by atoms with Crippen molar-refractivity contribution in [2.45, 2.75) is 58.1 Å². The third-order valence-electron chi connectivity index (χ3n) is 3.69. The summed E-state index contributed by atoms with van der Waals surface area (Å²) in [5.74, 6) is 0. The molecule has 0 aliphatic carbocycles. The average Bonchev–Trinajstić information content (AvgIpc) is 2.68. The Kier molecular flexibility index (Phi) is 4.76. The van der Waals surface area contributed by atoms with Gasteiger partial charge in [0.15, 0.2) is 0 Å². The van der Waals surface area contributed by atoms with E-state index in [1.807, 2.05) is 0 Å². The third kappa shape index (κ3) is 3.86. The molecule has 2 radical (unpaired) electrons. The normalized spacial score (nSPS) is 23.8. The molecule has 23 heavy (non-hydrogen) atoms. The highest BCUT2D eigenvalue weighted by Crippen LogP contribution is 2.41. The van der Waals surface area contributed by atoms with Gasteiger partial charge in [0, 0.05) is 0 Å². The minimum atomic E-state index is -0.967. The van der Waals surface area contributed by atoms with Crippen LogP contribution in [0.4, 0.5) is 9.18 Å². The molecule has 0 unspecified atom stereocenters. The molecule has 2 rings (SSSR count). The lowest BCUT2D eigenvalue weighted by molar-refractivity contribution is -0.0797. The van der Waals surface area contributed by atoms with Gasteiger partial charge >= 0.3 is 6.09 Å². The van der Waals surface area contributed by atoms with E-state index in [-0.39, 0.29) is 0 Å². The summed E-state index contributed by atoms with van der Waals surface area (Å²) < 4.78 is 25.1. The number of ether oxygens (including phenoxy) is 2. The summed E-state index contributed by atoms with van der Waals surface area (Å²) in [6.07, 6.45) is -1.15. The quantitative estimate of drug-likeness (QED) is 0.787. The number of nitrogens with zero attached hydrogens (tertiary/aromatic N) is 1. The van der Waals surface area contributed by atoms with Gasteiger partial charge in [-0.05, 0) is 40.2 Å². The molecule has 1 aliphatic rings. The molecule has 0 bridgehead atoms. The molecule has 1 fully saturated rings. The summed E-state index contributed by atoms with van der Waals surface area (Å²) >= 11 is 0. The fourth-order valence-electron chi connectivity index (χ4n) is 2.77. The number of hydrogen-bond donors (Lipinski definition) is 0. The monoisotopic (exact) mass is 319 g/mol. The highest BCUT2D eigenvalue weighted by atomic mass is 19.1. The number of carbonyl (C=O) groups excluding carboxylic acids is 1. The molecule has 1 heterocycles. The number of rotatable bonds is 2. The lowest BCUT2D eigenvalue weighted by Gasteiger charge is -2.34. The molecule has 2 atom stereocenters. The average molecular weight is 319 g/mol. The van der Waals surface area contributed by atoms with E-state index in [2.05, 4.69) is 0 Å². The van der Waals surface area contributed by atoms with Gasteiger partial charge in [-0.1, -0.05) is 29.7 Å². The summed E-state index contributed by atoms with van der Waals surface area (Å²) in [4.78, 5) is 13.9. The lowest BCUT2D eigenvalue weighted by atomic mass is 9.93. The summed E-state index contributed by atoms with van der Waals surface area (Å²) in [6, 6.07) is 6.30. The van der Waals surface area contributed by atoms with Gasteiger partial charge < -0.3 is 9.47 Å². The van der Waals surface area contributed by atoms with Crippen LogP contribution < -0.4 is 5.46 Å². The summed E-state index contributed by atoms with van der Waals surface area (Å²) in [7, 11) is 5.69. The van der Waals surface area contributed by atoms with E-state index in [1.165, 1.54) is 4.90 Å².